The van der Waals surface area contributed by atoms with Crippen molar-refractivity contribution in [2.24, 2.45) is 0 Å². The molecule has 118 valence electrons. The van der Waals surface area contributed by atoms with E-state index in [2.05, 4.69) is 25.1 Å². The van der Waals surface area contributed by atoms with Crippen LogP contribution in [-0.2, 0) is 6.42 Å². The van der Waals surface area contributed by atoms with Crippen molar-refractivity contribution in [1.82, 2.24) is 0 Å². The Hall–Kier alpha value is -1.96. The second-order valence-electron chi connectivity index (χ2n) is 6.37. The van der Waals surface area contributed by atoms with Crippen LogP contribution >= 0.6 is 0 Å². The zero-order valence-electron chi connectivity index (χ0n) is 13.1. The first-order valence-electron chi connectivity index (χ1n) is 8.29. The van der Waals surface area contributed by atoms with Gasteiger partial charge in [0.25, 0.3) is 0 Å². The molecule has 0 aromatic heterocycles. The Kier molecular flexibility index (Phi) is 4.37. The van der Waals surface area contributed by atoms with Gasteiger partial charge in [-0.1, -0.05) is 31.5 Å². The van der Waals surface area contributed by atoms with E-state index in [9.17, 15) is 10.2 Å². The zero-order valence-corrected chi connectivity index (χ0v) is 13.1. The molecule has 1 aliphatic carbocycles. The molecule has 2 aromatic rings. The first-order chi connectivity index (χ1) is 10.7. The lowest BCUT2D eigenvalue weighted by Gasteiger charge is -2.27. The highest BCUT2D eigenvalue weighted by molar-refractivity contribution is 5.41. The summed E-state index contributed by atoms with van der Waals surface area (Å²) in [6.45, 7) is 2.23. The molecule has 0 fully saturated rings. The maximum atomic E-state index is 9.78. The summed E-state index contributed by atoms with van der Waals surface area (Å²) < 4.78 is 0. The van der Waals surface area contributed by atoms with Crippen molar-refractivity contribution in [2.75, 3.05) is 0 Å². The van der Waals surface area contributed by atoms with Crippen LogP contribution in [0, 0.1) is 0 Å². The third-order valence-electron chi connectivity index (χ3n) is 4.89. The summed E-state index contributed by atoms with van der Waals surface area (Å²) in [5.41, 5.74) is 4.02. The van der Waals surface area contributed by atoms with Crippen LogP contribution in [0.15, 0.2) is 42.5 Å². The maximum absolute atomic E-state index is 9.78. The molecule has 2 atom stereocenters. The van der Waals surface area contributed by atoms with E-state index in [1.807, 2.05) is 12.1 Å². The molecule has 0 saturated carbocycles. The van der Waals surface area contributed by atoms with E-state index >= 15 is 0 Å². The van der Waals surface area contributed by atoms with Crippen LogP contribution in [0.2, 0.25) is 0 Å². The Morgan fingerprint density at radius 2 is 1.77 bits per heavy atom. The number of phenolic OH excluding ortho intramolecular Hbond substituents is 2. The Balaban J connectivity index is 0.00000192. The zero-order chi connectivity index (χ0) is 15.5. The van der Waals surface area contributed by atoms with Gasteiger partial charge in [0.05, 0.1) is 0 Å². The minimum Gasteiger partial charge on any atom is -0.508 e. The fraction of sp³-hybridized carbons (Fsp3) is 0.400. The number of aromatic hydroxyl groups is 2. The van der Waals surface area contributed by atoms with E-state index in [0.29, 0.717) is 23.3 Å². The van der Waals surface area contributed by atoms with Crippen molar-refractivity contribution < 1.29 is 11.6 Å². The third-order valence-corrected chi connectivity index (χ3v) is 4.89. The summed E-state index contributed by atoms with van der Waals surface area (Å²) in [4.78, 5) is 0. The minimum absolute atomic E-state index is 0. The second kappa shape index (κ2) is 6.43. The lowest BCUT2D eigenvalue weighted by molar-refractivity contribution is 0.465. The molecular formula is C20H26O2. The van der Waals surface area contributed by atoms with Crippen LogP contribution in [-0.4, -0.2) is 10.2 Å². The molecule has 0 unspecified atom stereocenters. The predicted octanol–water partition coefficient (Wildman–Crippen LogP) is 5.35. The van der Waals surface area contributed by atoms with Gasteiger partial charge in [0, 0.05) is 1.43 Å². The molecule has 0 heterocycles. The van der Waals surface area contributed by atoms with Gasteiger partial charge in [0.2, 0.25) is 0 Å². The first kappa shape index (κ1) is 15.0. The summed E-state index contributed by atoms with van der Waals surface area (Å²) in [5.74, 6) is 1.69. The van der Waals surface area contributed by atoms with Crippen molar-refractivity contribution >= 4 is 0 Å². The normalized spacial score (nSPS) is 21.1. The quantitative estimate of drug-likeness (QED) is 0.750. The number of fused-ring (bicyclic) bond motifs is 1. The smallest absolute Gasteiger partial charge is 0.115 e. The average Bonchev–Trinajstić information content (AvgIpc) is 2.68. The number of phenols is 2. The fourth-order valence-electron chi connectivity index (χ4n) is 3.89. The summed E-state index contributed by atoms with van der Waals surface area (Å²) in [7, 11) is 0. The number of benzene rings is 2. The fourth-order valence-corrected chi connectivity index (χ4v) is 3.89. The monoisotopic (exact) mass is 298 g/mol. The van der Waals surface area contributed by atoms with Crippen molar-refractivity contribution in [3.8, 4) is 11.5 Å². The van der Waals surface area contributed by atoms with Gasteiger partial charge in [-0.05, 0) is 78.5 Å². The van der Waals surface area contributed by atoms with Gasteiger partial charge in [-0.15, -0.1) is 0 Å². The predicted molar refractivity (Wildman–Crippen MR) is 91.7 cm³/mol. The first-order valence-corrected chi connectivity index (χ1v) is 8.29. The highest BCUT2D eigenvalue weighted by Gasteiger charge is 2.28. The molecule has 0 aliphatic heterocycles. The van der Waals surface area contributed by atoms with E-state index in [4.69, 9.17) is 0 Å². The largest absolute Gasteiger partial charge is 0.508 e. The Bertz CT molecular complexity index is 637. The number of hydrogen-bond donors (Lipinski definition) is 2. The van der Waals surface area contributed by atoms with Crippen LogP contribution in [0.25, 0.3) is 0 Å². The van der Waals surface area contributed by atoms with Gasteiger partial charge in [0.15, 0.2) is 0 Å². The van der Waals surface area contributed by atoms with Crippen molar-refractivity contribution in [3.05, 3.63) is 59.2 Å². The number of rotatable bonds is 3. The van der Waals surface area contributed by atoms with Crippen LogP contribution < -0.4 is 0 Å². The molecule has 1 aliphatic rings. The highest BCUT2D eigenvalue weighted by Crippen LogP contribution is 2.44. The Morgan fingerprint density at radius 3 is 2.50 bits per heavy atom. The van der Waals surface area contributed by atoms with Crippen LogP contribution in [0.3, 0.4) is 0 Å². The summed E-state index contributed by atoms with van der Waals surface area (Å²) in [6, 6.07) is 13.6. The second-order valence-corrected chi connectivity index (χ2v) is 6.37. The molecule has 2 N–H and O–H groups in total. The summed E-state index contributed by atoms with van der Waals surface area (Å²) in [6.07, 6.45) is 5.65. The van der Waals surface area contributed by atoms with Gasteiger partial charge in [0.1, 0.15) is 11.5 Å². The van der Waals surface area contributed by atoms with Gasteiger partial charge >= 0.3 is 0 Å². The molecule has 2 nitrogen and oxygen atoms in total. The van der Waals surface area contributed by atoms with E-state index < -0.39 is 0 Å². The maximum Gasteiger partial charge on any atom is 0.115 e. The molecule has 2 heteroatoms. The van der Waals surface area contributed by atoms with Gasteiger partial charge in [-0.25, -0.2) is 0 Å². The van der Waals surface area contributed by atoms with Crippen LogP contribution in [0.4, 0.5) is 0 Å². The minimum atomic E-state index is 0. The van der Waals surface area contributed by atoms with E-state index in [-0.39, 0.29) is 1.43 Å². The molecule has 22 heavy (non-hydrogen) atoms. The molecule has 0 spiro atoms. The average molecular weight is 298 g/mol. The highest BCUT2D eigenvalue weighted by atomic mass is 16.3. The van der Waals surface area contributed by atoms with Gasteiger partial charge in [-0.2, -0.15) is 0 Å². The SMILES string of the molecule is CCC[C@@H]1c2ccc(O)cc2CCC[C@@H]1c1ccc(O)cc1.[HH]. The molecule has 0 saturated heterocycles. The van der Waals surface area contributed by atoms with Crippen LogP contribution in [0.1, 0.15) is 62.6 Å². The standard InChI is InChI=1S/C20H24O2.H2/c1-2-4-20-18(14-7-9-16(21)10-8-14)6-3-5-15-13-17(22)11-12-19(15)20;/h7-13,18,20-22H,2-6H2,1H3;1H/t18-,20+;/m1./s1. The molecular weight excluding hydrogens is 272 g/mol. The Labute approximate surface area is 133 Å². The summed E-state index contributed by atoms with van der Waals surface area (Å²) in [5, 5.41) is 19.3. The lowest BCUT2D eigenvalue weighted by atomic mass is 9.77. The van der Waals surface area contributed by atoms with Crippen molar-refractivity contribution in [1.29, 1.82) is 0 Å². The summed E-state index contributed by atoms with van der Waals surface area (Å²) >= 11 is 0. The van der Waals surface area contributed by atoms with Crippen molar-refractivity contribution in [2.45, 2.75) is 50.9 Å². The molecule has 2 aromatic carbocycles. The molecule has 0 radical (unpaired) electrons. The molecule has 3 rings (SSSR count). The van der Waals surface area contributed by atoms with E-state index in [0.717, 1.165) is 32.1 Å². The molecule has 0 bridgehead atoms. The van der Waals surface area contributed by atoms with Gasteiger partial charge < -0.3 is 10.2 Å². The van der Waals surface area contributed by atoms with Gasteiger partial charge in [-0.3, -0.25) is 0 Å². The van der Waals surface area contributed by atoms with Crippen molar-refractivity contribution in [3.63, 3.8) is 0 Å². The number of hydrogen-bond acceptors (Lipinski definition) is 2. The Morgan fingerprint density at radius 1 is 1.05 bits per heavy atom. The third kappa shape index (κ3) is 2.96. The topological polar surface area (TPSA) is 40.5 Å². The number of aryl methyl sites for hydroxylation is 1. The van der Waals surface area contributed by atoms with Crippen LogP contribution in [0.5, 0.6) is 11.5 Å². The molecule has 0 amide bonds. The van der Waals surface area contributed by atoms with E-state index in [1.54, 1.807) is 12.1 Å². The van der Waals surface area contributed by atoms with E-state index in [1.165, 1.54) is 16.7 Å². The lowest BCUT2D eigenvalue weighted by Crippen LogP contribution is -2.11.